The van der Waals surface area contributed by atoms with Gasteiger partial charge in [0.25, 0.3) is 5.91 Å². The van der Waals surface area contributed by atoms with Gasteiger partial charge in [0.05, 0.1) is 20.1 Å². The lowest BCUT2D eigenvalue weighted by atomic mass is 9.86. The number of methoxy groups -OCH3 is 1. The molecule has 0 aliphatic heterocycles. The van der Waals surface area contributed by atoms with Crippen LogP contribution in [0.4, 0.5) is 4.39 Å². The molecule has 0 aliphatic carbocycles. The summed E-state index contributed by atoms with van der Waals surface area (Å²) >= 11 is 0. The molecular weight excluding hydrogens is 505 g/mol. The SMILES string of the molecule is COC(=O)CCNC(=O)c1ccc(CCCCCCCOc2ccc(-c3ccc(C(C)(C)C)cc3)cc2)c(F)c1. The third-order valence-corrected chi connectivity index (χ3v) is 6.96. The molecule has 0 heterocycles. The topological polar surface area (TPSA) is 64.6 Å². The standard InChI is InChI=1S/C34H42FNO4/c1-34(2,3)29-17-13-25(14-18-29)26-15-19-30(20-16-26)40-23-9-7-5-6-8-10-27-11-12-28(24-31(27)35)33(38)36-22-21-32(37)39-4/h11-20,24H,5-10,21-23H2,1-4H3,(H,36,38). The fraction of sp³-hybridized carbons (Fsp3) is 0.412. The molecule has 40 heavy (non-hydrogen) atoms. The molecule has 3 rings (SSSR count). The van der Waals surface area contributed by atoms with Gasteiger partial charge in [0.15, 0.2) is 0 Å². The number of ether oxygens (including phenoxy) is 2. The fourth-order valence-corrected chi connectivity index (χ4v) is 4.42. The Morgan fingerprint density at radius 2 is 1.45 bits per heavy atom. The van der Waals surface area contributed by atoms with Crippen LogP contribution < -0.4 is 10.1 Å². The van der Waals surface area contributed by atoms with Crippen molar-refractivity contribution >= 4 is 11.9 Å². The number of carbonyl (C=O) groups excluding carboxylic acids is 2. The van der Waals surface area contributed by atoms with Crippen molar-refractivity contribution < 1.29 is 23.5 Å². The maximum absolute atomic E-state index is 14.5. The molecule has 214 valence electrons. The van der Waals surface area contributed by atoms with Gasteiger partial charge in [-0.2, -0.15) is 0 Å². The highest BCUT2D eigenvalue weighted by Gasteiger charge is 2.13. The molecule has 1 N–H and O–H groups in total. The highest BCUT2D eigenvalue weighted by molar-refractivity contribution is 5.94. The van der Waals surface area contributed by atoms with Crippen molar-refractivity contribution in [3.63, 3.8) is 0 Å². The van der Waals surface area contributed by atoms with Crippen molar-refractivity contribution in [1.29, 1.82) is 0 Å². The molecule has 0 unspecified atom stereocenters. The molecule has 1 amide bonds. The minimum atomic E-state index is -0.405. The van der Waals surface area contributed by atoms with Gasteiger partial charge >= 0.3 is 5.97 Å². The fourth-order valence-electron chi connectivity index (χ4n) is 4.42. The van der Waals surface area contributed by atoms with Crippen molar-refractivity contribution in [2.75, 3.05) is 20.3 Å². The summed E-state index contributed by atoms with van der Waals surface area (Å²) in [5.41, 5.74) is 4.72. The van der Waals surface area contributed by atoms with E-state index in [0.29, 0.717) is 18.6 Å². The minimum Gasteiger partial charge on any atom is -0.494 e. The Hall–Kier alpha value is -3.67. The van der Waals surface area contributed by atoms with Gasteiger partial charge in [0.2, 0.25) is 0 Å². The van der Waals surface area contributed by atoms with Gasteiger partial charge in [-0.15, -0.1) is 0 Å². The zero-order valence-corrected chi connectivity index (χ0v) is 24.2. The molecule has 0 aromatic heterocycles. The first-order valence-electron chi connectivity index (χ1n) is 14.1. The van der Waals surface area contributed by atoms with Gasteiger partial charge in [-0.3, -0.25) is 9.59 Å². The van der Waals surface area contributed by atoms with Crippen LogP contribution in [0.3, 0.4) is 0 Å². The summed E-state index contributed by atoms with van der Waals surface area (Å²) < 4.78 is 24.9. The monoisotopic (exact) mass is 547 g/mol. The molecule has 0 saturated carbocycles. The number of aryl methyl sites for hydroxylation is 1. The number of esters is 1. The van der Waals surface area contributed by atoms with Crippen molar-refractivity contribution in [2.24, 2.45) is 0 Å². The van der Waals surface area contributed by atoms with Crippen LogP contribution in [-0.4, -0.2) is 32.1 Å². The molecule has 0 bridgehead atoms. The number of nitrogens with one attached hydrogen (secondary N) is 1. The van der Waals surface area contributed by atoms with E-state index in [-0.39, 0.29) is 29.8 Å². The Bertz CT molecular complexity index is 1230. The molecule has 0 atom stereocenters. The Morgan fingerprint density at radius 1 is 0.825 bits per heavy atom. The number of halogens is 1. The Morgan fingerprint density at radius 3 is 2.08 bits per heavy atom. The maximum Gasteiger partial charge on any atom is 0.307 e. The molecule has 6 heteroatoms. The van der Waals surface area contributed by atoms with E-state index in [1.807, 2.05) is 12.1 Å². The zero-order chi connectivity index (χ0) is 29.0. The van der Waals surface area contributed by atoms with Gasteiger partial charge in [-0.25, -0.2) is 4.39 Å². The van der Waals surface area contributed by atoms with Gasteiger partial charge in [-0.1, -0.05) is 82.5 Å². The van der Waals surface area contributed by atoms with E-state index < -0.39 is 11.9 Å². The lowest BCUT2D eigenvalue weighted by Gasteiger charge is -2.19. The molecule has 0 fully saturated rings. The molecule has 3 aromatic rings. The summed E-state index contributed by atoms with van der Waals surface area (Å²) in [6, 6.07) is 21.6. The molecule has 0 spiro atoms. The van der Waals surface area contributed by atoms with Crippen molar-refractivity contribution in [2.45, 2.75) is 71.1 Å². The summed E-state index contributed by atoms with van der Waals surface area (Å²) in [7, 11) is 1.29. The first-order valence-corrected chi connectivity index (χ1v) is 14.1. The summed E-state index contributed by atoms with van der Waals surface area (Å²) in [4.78, 5) is 23.3. The second-order valence-electron chi connectivity index (χ2n) is 11.1. The molecule has 0 aliphatic rings. The predicted molar refractivity (Wildman–Crippen MR) is 158 cm³/mol. The van der Waals surface area contributed by atoms with E-state index >= 15 is 0 Å². The average Bonchev–Trinajstić information content (AvgIpc) is 2.94. The second kappa shape index (κ2) is 15.2. The predicted octanol–water partition coefficient (Wildman–Crippen LogP) is 7.66. The number of hydrogen-bond acceptors (Lipinski definition) is 4. The Labute approximate surface area is 238 Å². The number of rotatable bonds is 14. The first-order chi connectivity index (χ1) is 19.2. The quantitative estimate of drug-likeness (QED) is 0.166. The number of carbonyl (C=O) groups is 2. The molecule has 5 nitrogen and oxygen atoms in total. The van der Waals surface area contributed by atoms with Crippen LogP contribution in [0.2, 0.25) is 0 Å². The highest BCUT2D eigenvalue weighted by Crippen LogP contribution is 2.27. The smallest absolute Gasteiger partial charge is 0.307 e. The summed E-state index contributed by atoms with van der Waals surface area (Å²) in [6.07, 6.45) is 5.72. The van der Waals surface area contributed by atoms with Crippen LogP contribution in [0.5, 0.6) is 5.75 Å². The molecule has 0 saturated heterocycles. The van der Waals surface area contributed by atoms with Gasteiger partial charge in [0, 0.05) is 12.1 Å². The van der Waals surface area contributed by atoms with Crippen LogP contribution in [0, 0.1) is 5.82 Å². The maximum atomic E-state index is 14.5. The van der Waals surface area contributed by atoms with Crippen molar-refractivity contribution in [3.8, 4) is 16.9 Å². The van der Waals surface area contributed by atoms with Crippen LogP contribution in [0.1, 0.15) is 80.8 Å². The van der Waals surface area contributed by atoms with E-state index in [1.54, 1.807) is 12.1 Å². The first kappa shape index (κ1) is 30.9. The van der Waals surface area contributed by atoms with Gasteiger partial charge in [-0.05, 0) is 71.2 Å². The van der Waals surface area contributed by atoms with E-state index in [4.69, 9.17) is 4.74 Å². The van der Waals surface area contributed by atoms with Crippen molar-refractivity contribution in [1.82, 2.24) is 5.32 Å². The molecular formula is C34H42FNO4. The summed E-state index contributed by atoms with van der Waals surface area (Å²) in [5, 5.41) is 2.60. The summed E-state index contributed by atoms with van der Waals surface area (Å²) in [5.74, 6) is -0.301. The van der Waals surface area contributed by atoms with Gasteiger partial charge in [0.1, 0.15) is 11.6 Å². The molecule has 3 aromatic carbocycles. The lowest BCUT2D eigenvalue weighted by Crippen LogP contribution is -2.26. The molecule has 0 radical (unpaired) electrons. The summed E-state index contributed by atoms with van der Waals surface area (Å²) in [6.45, 7) is 7.49. The third kappa shape index (κ3) is 9.82. The number of hydrogen-bond donors (Lipinski definition) is 1. The minimum absolute atomic E-state index is 0.0789. The lowest BCUT2D eigenvalue weighted by molar-refractivity contribution is -0.140. The third-order valence-electron chi connectivity index (χ3n) is 6.96. The van der Waals surface area contributed by atoms with Crippen LogP contribution in [-0.2, 0) is 21.4 Å². The van der Waals surface area contributed by atoms with E-state index in [0.717, 1.165) is 37.9 Å². The van der Waals surface area contributed by atoms with E-state index in [9.17, 15) is 14.0 Å². The second-order valence-corrected chi connectivity index (χ2v) is 11.1. The Balaban J connectivity index is 1.29. The zero-order valence-electron chi connectivity index (χ0n) is 24.2. The van der Waals surface area contributed by atoms with Crippen molar-refractivity contribution in [3.05, 3.63) is 89.2 Å². The largest absolute Gasteiger partial charge is 0.494 e. The van der Waals surface area contributed by atoms with E-state index in [1.165, 1.54) is 29.9 Å². The van der Waals surface area contributed by atoms with Crippen LogP contribution >= 0.6 is 0 Å². The Kier molecular flexibility index (Phi) is 11.7. The average molecular weight is 548 g/mol. The van der Waals surface area contributed by atoms with Gasteiger partial charge < -0.3 is 14.8 Å². The number of unbranched alkanes of at least 4 members (excludes halogenated alkanes) is 4. The number of benzene rings is 3. The van der Waals surface area contributed by atoms with Crippen LogP contribution in [0.15, 0.2) is 66.7 Å². The van der Waals surface area contributed by atoms with E-state index in [2.05, 4.69) is 67.2 Å². The van der Waals surface area contributed by atoms with Crippen LogP contribution in [0.25, 0.3) is 11.1 Å². The normalized spacial score (nSPS) is 11.2. The number of amides is 1. The highest BCUT2D eigenvalue weighted by atomic mass is 19.1.